The molecule has 3 nitrogen and oxygen atoms in total. The van der Waals surface area contributed by atoms with Crippen LogP contribution < -0.4 is 0 Å². The van der Waals surface area contributed by atoms with Crippen molar-refractivity contribution in [1.82, 2.24) is 9.80 Å². The minimum atomic E-state index is -0.194. The lowest BCUT2D eigenvalue weighted by atomic mass is 9.98. The van der Waals surface area contributed by atoms with Crippen LogP contribution in [0.3, 0.4) is 0 Å². The first-order chi connectivity index (χ1) is 12.1. The maximum atomic E-state index is 14.0. The highest BCUT2D eigenvalue weighted by atomic mass is 19.1. The summed E-state index contributed by atoms with van der Waals surface area (Å²) in [5, 5.41) is 0. The van der Waals surface area contributed by atoms with Crippen LogP contribution in [0, 0.1) is 12.7 Å². The number of halogens is 1. The lowest BCUT2D eigenvalue weighted by Gasteiger charge is -2.36. The molecule has 2 aromatic carbocycles. The summed E-state index contributed by atoms with van der Waals surface area (Å²) in [6.07, 6.45) is 0.799. The molecule has 25 heavy (non-hydrogen) atoms. The normalized spacial score (nSPS) is 17.6. The van der Waals surface area contributed by atoms with Crippen molar-refractivity contribution >= 4 is 11.5 Å². The van der Waals surface area contributed by atoms with E-state index in [0.29, 0.717) is 0 Å². The average molecular weight is 337 g/mol. The zero-order valence-electron chi connectivity index (χ0n) is 14.9. The van der Waals surface area contributed by atoms with Gasteiger partial charge in [-0.1, -0.05) is 25.1 Å². The van der Waals surface area contributed by atoms with Crippen molar-refractivity contribution in [2.45, 2.75) is 20.3 Å². The molecule has 0 aromatic heterocycles. The summed E-state index contributed by atoms with van der Waals surface area (Å²) in [7, 11) is 0. The molecule has 2 aliphatic heterocycles. The second-order valence-corrected chi connectivity index (χ2v) is 6.97. The van der Waals surface area contributed by atoms with Crippen LogP contribution in [0.2, 0.25) is 0 Å². The summed E-state index contributed by atoms with van der Waals surface area (Å²) in [6.45, 7) is 9.29. The Hall–Kier alpha value is -2.20. The van der Waals surface area contributed by atoms with Crippen LogP contribution >= 0.6 is 0 Å². The molecule has 4 heteroatoms. The minimum Gasteiger partial charge on any atom is -0.354 e. The maximum Gasteiger partial charge on any atom is 0.137 e. The number of fused-ring (bicyclic) bond motifs is 2. The fraction of sp³-hybridized carbons (Fsp3) is 0.381. The van der Waals surface area contributed by atoms with E-state index in [9.17, 15) is 4.39 Å². The smallest absolute Gasteiger partial charge is 0.137 e. The van der Waals surface area contributed by atoms with Gasteiger partial charge in [0.15, 0.2) is 0 Å². The van der Waals surface area contributed by atoms with E-state index in [1.807, 2.05) is 6.07 Å². The predicted octanol–water partition coefficient (Wildman–Crippen LogP) is 3.75. The highest BCUT2D eigenvalue weighted by Gasteiger charge is 2.25. The van der Waals surface area contributed by atoms with E-state index in [1.54, 1.807) is 12.1 Å². The lowest BCUT2D eigenvalue weighted by molar-refractivity contribution is 0.190. The van der Waals surface area contributed by atoms with E-state index in [4.69, 9.17) is 4.99 Å². The van der Waals surface area contributed by atoms with Crippen molar-refractivity contribution in [2.24, 2.45) is 4.99 Å². The van der Waals surface area contributed by atoms with Gasteiger partial charge in [-0.05, 0) is 48.4 Å². The summed E-state index contributed by atoms with van der Waals surface area (Å²) >= 11 is 0. The minimum absolute atomic E-state index is 0.194. The topological polar surface area (TPSA) is 18.8 Å². The van der Waals surface area contributed by atoms with E-state index in [2.05, 4.69) is 41.8 Å². The standard InChI is InChI=1S/C21H24FN3/c1-3-24-8-10-25(11-9-24)21-19-14-18(22)7-6-16(19)13-17-5-4-15(2)12-20(17)23-21/h4-7,12,14H,3,8-11,13H2,1-2H3. The number of amidine groups is 1. The number of aliphatic imine (C=N–C) groups is 1. The zero-order valence-corrected chi connectivity index (χ0v) is 14.9. The molecule has 0 saturated carbocycles. The van der Waals surface area contributed by atoms with Crippen molar-refractivity contribution < 1.29 is 4.39 Å². The number of rotatable bonds is 1. The fourth-order valence-electron chi connectivity index (χ4n) is 3.73. The van der Waals surface area contributed by atoms with Gasteiger partial charge in [-0.15, -0.1) is 0 Å². The number of likely N-dealkylation sites (N-methyl/N-ethyl adjacent to an activating group) is 1. The Morgan fingerprint density at radius 3 is 2.52 bits per heavy atom. The second-order valence-electron chi connectivity index (χ2n) is 6.97. The number of benzene rings is 2. The van der Waals surface area contributed by atoms with Gasteiger partial charge in [0.2, 0.25) is 0 Å². The van der Waals surface area contributed by atoms with E-state index in [-0.39, 0.29) is 5.82 Å². The molecule has 4 rings (SSSR count). The second kappa shape index (κ2) is 6.60. The fourth-order valence-corrected chi connectivity index (χ4v) is 3.73. The van der Waals surface area contributed by atoms with Gasteiger partial charge in [0.1, 0.15) is 11.7 Å². The third-order valence-corrected chi connectivity index (χ3v) is 5.28. The Balaban J connectivity index is 1.80. The molecular formula is C21H24FN3. The van der Waals surface area contributed by atoms with Crippen molar-refractivity contribution in [1.29, 1.82) is 0 Å². The highest BCUT2D eigenvalue weighted by Crippen LogP contribution is 2.31. The SMILES string of the molecule is CCN1CCN(C2=Nc3cc(C)ccc3Cc3ccc(F)cc32)CC1. The first-order valence-corrected chi connectivity index (χ1v) is 9.08. The first kappa shape index (κ1) is 16.3. The Morgan fingerprint density at radius 1 is 1.00 bits per heavy atom. The molecule has 1 saturated heterocycles. The number of hydrogen-bond acceptors (Lipinski definition) is 3. The molecule has 0 amide bonds. The largest absolute Gasteiger partial charge is 0.354 e. The molecule has 2 aliphatic rings. The molecule has 0 radical (unpaired) electrons. The van der Waals surface area contributed by atoms with Gasteiger partial charge in [0.05, 0.1) is 5.69 Å². The number of aryl methyl sites for hydroxylation is 1. The van der Waals surface area contributed by atoms with Crippen molar-refractivity contribution in [2.75, 3.05) is 32.7 Å². The van der Waals surface area contributed by atoms with Gasteiger partial charge < -0.3 is 9.80 Å². The Kier molecular flexibility index (Phi) is 4.30. The molecule has 0 spiro atoms. The van der Waals surface area contributed by atoms with Crippen LogP contribution in [0.1, 0.15) is 29.2 Å². The Morgan fingerprint density at radius 2 is 1.76 bits per heavy atom. The summed E-state index contributed by atoms with van der Waals surface area (Å²) in [6, 6.07) is 11.5. The third kappa shape index (κ3) is 3.19. The molecule has 0 aliphatic carbocycles. The predicted molar refractivity (Wildman–Crippen MR) is 100 cm³/mol. The summed E-state index contributed by atoms with van der Waals surface area (Å²) in [5.74, 6) is 0.732. The van der Waals surface area contributed by atoms with Crippen molar-refractivity contribution in [3.05, 3.63) is 64.5 Å². The molecule has 0 N–H and O–H groups in total. The Bertz CT molecular complexity index is 820. The lowest BCUT2D eigenvalue weighted by Crippen LogP contribution is -2.48. The van der Waals surface area contributed by atoms with Crippen molar-refractivity contribution in [3.63, 3.8) is 0 Å². The molecule has 1 fully saturated rings. The monoisotopic (exact) mass is 337 g/mol. The van der Waals surface area contributed by atoms with Crippen LogP contribution in [-0.4, -0.2) is 48.4 Å². The molecule has 0 atom stereocenters. The molecule has 2 heterocycles. The van der Waals surface area contributed by atoms with E-state index >= 15 is 0 Å². The van der Waals surface area contributed by atoms with Crippen LogP contribution in [0.5, 0.6) is 0 Å². The van der Waals surface area contributed by atoms with E-state index in [1.165, 1.54) is 11.1 Å². The van der Waals surface area contributed by atoms with Crippen LogP contribution in [0.15, 0.2) is 41.4 Å². The Labute approximate surface area is 148 Å². The van der Waals surface area contributed by atoms with Crippen LogP contribution in [-0.2, 0) is 6.42 Å². The molecule has 0 unspecified atom stereocenters. The quantitative estimate of drug-likeness (QED) is 0.789. The van der Waals surface area contributed by atoms with Gasteiger partial charge in [-0.3, -0.25) is 0 Å². The molecule has 0 bridgehead atoms. The van der Waals surface area contributed by atoms with E-state index < -0.39 is 0 Å². The van der Waals surface area contributed by atoms with Crippen molar-refractivity contribution in [3.8, 4) is 0 Å². The number of hydrogen-bond donors (Lipinski definition) is 0. The molecule has 2 aromatic rings. The molecule has 130 valence electrons. The highest BCUT2D eigenvalue weighted by molar-refractivity contribution is 6.02. The van der Waals surface area contributed by atoms with Gasteiger partial charge in [0.25, 0.3) is 0 Å². The average Bonchev–Trinajstić information content (AvgIpc) is 2.78. The summed E-state index contributed by atoms with van der Waals surface area (Å²) in [5.41, 5.74) is 5.53. The first-order valence-electron chi connectivity index (χ1n) is 9.08. The van der Waals surface area contributed by atoms with Crippen LogP contribution in [0.25, 0.3) is 0 Å². The van der Waals surface area contributed by atoms with E-state index in [0.717, 1.165) is 61.8 Å². The zero-order chi connectivity index (χ0) is 17.4. The van der Waals surface area contributed by atoms with Gasteiger partial charge >= 0.3 is 0 Å². The van der Waals surface area contributed by atoms with Gasteiger partial charge in [0, 0.05) is 38.2 Å². The van der Waals surface area contributed by atoms with Gasteiger partial charge in [-0.25, -0.2) is 9.38 Å². The summed E-state index contributed by atoms with van der Waals surface area (Å²) in [4.78, 5) is 9.78. The van der Waals surface area contributed by atoms with Gasteiger partial charge in [-0.2, -0.15) is 0 Å². The number of piperazine rings is 1. The number of nitrogens with zero attached hydrogens (tertiary/aromatic N) is 3. The summed E-state index contributed by atoms with van der Waals surface area (Å²) < 4.78 is 14.0. The third-order valence-electron chi connectivity index (χ3n) is 5.28. The maximum absolute atomic E-state index is 14.0. The molecular weight excluding hydrogens is 313 g/mol. The van der Waals surface area contributed by atoms with Crippen LogP contribution in [0.4, 0.5) is 10.1 Å².